The van der Waals surface area contributed by atoms with Crippen molar-refractivity contribution in [3.8, 4) is 0 Å². The van der Waals surface area contributed by atoms with E-state index in [1.807, 2.05) is 0 Å². The summed E-state index contributed by atoms with van der Waals surface area (Å²) in [4.78, 5) is 16.7. The Bertz CT molecular complexity index is 1140. The lowest BCUT2D eigenvalue weighted by molar-refractivity contribution is -0.275. The van der Waals surface area contributed by atoms with Gasteiger partial charge in [0.15, 0.2) is 5.82 Å². The smallest absolute Gasteiger partial charge is 0.374 e. The molecular formula is C20H13Cl3F5N3O2. The van der Waals surface area contributed by atoms with Crippen LogP contribution < -0.4 is 10.9 Å². The van der Waals surface area contributed by atoms with Crippen molar-refractivity contribution in [2.45, 2.75) is 30.8 Å². The maximum Gasteiger partial charge on any atom is 0.435 e. The number of halogens is 8. The van der Waals surface area contributed by atoms with Gasteiger partial charge in [-0.1, -0.05) is 46.0 Å². The molecule has 0 spiro atoms. The lowest BCUT2D eigenvalue weighted by Gasteiger charge is -2.29. The molecule has 4 rings (SSSR count). The first-order valence-electron chi connectivity index (χ1n) is 9.39. The van der Waals surface area contributed by atoms with Gasteiger partial charge in [-0.3, -0.25) is 15.6 Å². The largest absolute Gasteiger partial charge is 0.435 e. The van der Waals surface area contributed by atoms with Gasteiger partial charge >= 0.3 is 6.18 Å². The monoisotopic (exact) mass is 527 g/mol. The minimum absolute atomic E-state index is 0.0963. The van der Waals surface area contributed by atoms with Crippen LogP contribution in [0, 0.1) is 11.7 Å². The SMILES string of the molecule is O=C(NNc1cc(C2=NO[C@](c3cc(Cl)c(F)c(Cl)c3)(C(F)(F)F)C2)ccc1Cl)[C@H]1C[C@H]1F. The number of amides is 1. The molecular weight excluding hydrogens is 516 g/mol. The standard InChI is InChI=1S/C20H13Cl3F5N3O2/c21-11-2-1-8(3-15(11)29-30-18(32)10-6-14(10)24)16-7-19(33-31-16,20(26,27)28)9-4-12(22)17(25)13(23)5-9/h1-5,10,14,29H,6-7H2,(H,30,32)/t10-,14+,19+/m0/s1. The van der Waals surface area contributed by atoms with E-state index < -0.39 is 57.6 Å². The predicted octanol–water partition coefficient (Wildman–Crippen LogP) is 6.17. The van der Waals surface area contributed by atoms with Gasteiger partial charge in [-0.15, -0.1) is 0 Å². The second-order valence-corrected chi connectivity index (χ2v) is 8.77. The number of carbonyl (C=O) groups excluding carboxylic acids is 1. The second kappa shape index (κ2) is 8.48. The van der Waals surface area contributed by atoms with Crippen molar-refractivity contribution in [2.24, 2.45) is 11.1 Å². The molecule has 0 aromatic heterocycles. The summed E-state index contributed by atoms with van der Waals surface area (Å²) in [6.45, 7) is 0. The van der Waals surface area contributed by atoms with Crippen LogP contribution in [0.4, 0.5) is 27.6 Å². The summed E-state index contributed by atoms with van der Waals surface area (Å²) < 4.78 is 69.2. The van der Waals surface area contributed by atoms with E-state index in [2.05, 4.69) is 16.0 Å². The van der Waals surface area contributed by atoms with E-state index in [-0.39, 0.29) is 28.4 Å². The summed E-state index contributed by atoms with van der Waals surface area (Å²) in [5, 5.41) is 2.55. The van der Waals surface area contributed by atoms with Crippen LogP contribution in [0.1, 0.15) is 24.0 Å². The third-order valence-corrected chi connectivity index (χ3v) is 6.19. The van der Waals surface area contributed by atoms with E-state index in [1.165, 1.54) is 18.2 Å². The maximum absolute atomic E-state index is 14.1. The fraction of sp³-hybridized carbons (Fsp3) is 0.300. The van der Waals surface area contributed by atoms with Crippen molar-refractivity contribution in [1.82, 2.24) is 5.43 Å². The highest BCUT2D eigenvalue weighted by molar-refractivity contribution is 6.35. The summed E-state index contributed by atoms with van der Waals surface area (Å²) in [5.41, 5.74) is 1.62. The van der Waals surface area contributed by atoms with Gasteiger partial charge < -0.3 is 4.84 Å². The minimum Gasteiger partial charge on any atom is -0.374 e. The first-order chi connectivity index (χ1) is 15.4. The Morgan fingerprint density at radius 2 is 1.76 bits per heavy atom. The number of alkyl halides is 4. The highest BCUT2D eigenvalue weighted by atomic mass is 35.5. The van der Waals surface area contributed by atoms with E-state index in [0.29, 0.717) is 0 Å². The summed E-state index contributed by atoms with van der Waals surface area (Å²) in [6, 6.07) is 5.71. The Balaban J connectivity index is 1.60. The van der Waals surface area contributed by atoms with Gasteiger partial charge in [0.1, 0.15) is 6.17 Å². The Hall–Kier alpha value is -2.30. The van der Waals surface area contributed by atoms with Gasteiger partial charge in [0.25, 0.3) is 5.60 Å². The van der Waals surface area contributed by atoms with Gasteiger partial charge in [-0.2, -0.15) is 13.2 Å². The summed E-state index contributed by atoms with van der Waals surface area (Å²) in [6.07, 6.45) is -6.82. The lowest BCUT2D eigenvalue weighted by Crippen LogP contribution is -2.42. The van der Waals surface area contributed by atoms with Crippen molar-refractivity contribution in [2.75, 3.05) is 5.43 Å². The van der Waals surface area contributed by atoms with Crippen molar-refractivity contribution >= 4 is 52.1 Å². The third kappa shape index (κ3) is 4.43. The molecule has 1 aliphatic heterocycles. The molecule has 2 aromatic rings. The maximum atomic E-state index is 14.1. The molecule has 1 amide bonds. The molecule has 0 bridgehead atoms. The molecule has 2 N–H and O–H groups in total. The molecule has 1 heterocycles. The van der Waals surface area contributed by atoms with Crippen molar-refractivity contribution in [1.29, 1.82) is 0 Å². The normalized spacial score (nSPS) is 24.2. The highest BCUT2D eigenvalue weighted by Gasteiger charge is 2.62. The third-order valence-electron chi connectivity index (χ3n) is 5.31. The zero-order valence-electron chi connectivity index (χ0n) is 16.2. The Morgan fingerprint density at radius 1 is 1.12 bits per heavy atom. The number of carbonyl (C=O) groups is 1. The number of anilines is 1. The summed E-state index contributed by atoms with van der Waals surface area (Å²) in [5.74, 6) is -2.39. The number of nitrogens with zero attached hydrogens (tertiary/aromatic N) is 1. The topological polar surface area (TPSA) is 62.7 Å². The van der Waals surface area contributed by atoms with Crippen LogP contribution in [-0.4, -0.2) is 24.0 Å². The van der Waals surface area contributed by atoms with E-state index in [9.17, 15) is 26.7 Å². The number of hydrogen-bond donors (Lipinski definition) is 2. The minimum atomic E-state index is -4.96. The zero-order valence-corrected chi connectivity index (χ0v) is 18.5. The fourth-order valence-electron chi connectivity index (χ4n) is 3.30. The van der Waals surface area contributed by atoms with Crippen LogP contribution in [0.2, 0.25) is 15.1 Å². The molecule has 2 aliphatic rings. The van der Waals surface area contributed by atoms with E-state index in [0.717, 1.165) is 12.1 Å². The molecule has 1 saturated carbocycles. The van der Waals surface area contributed by atoms with Crippen LogP contribution in [0.15, 0.2) is 35.5 Å². The van der Waals surface area contributed by atoms with Gasteiger partial charge in [-0.05, 0) is 30.7 Å². The predicted molar refractivity (Wildman–Crippen MR) is 113 cm³/mol. The fourth-order valence-corrected chi connectivity index (χ4v) is 3.96. The molecule has 1 fully saturated rings. The summed E-state index contributed by atoms with van der Waals surface area (Å²) in [7, 11) is 0. The molecule has 13 heteroatoms. The molecule has 5 nitrogen and oxygen atoms in total. The van der Waals surface area contributed by atoms with E-state index in [1.54, 1.807) is 0 Å². The number of hydrazine groups is 1. The number of hydrogen-bond acceptors (Lipinski definition) is 4. The second-order valence-electron chi connectivity index (χ2n) is 7.55. The van der Waals surface area contributed by atoms with Gasteiger partial charge in [0, 0.05) is 17.5 Å². The van der Waals surface area contributed by atoms with Crippen LogP contribution >= 0.6 is 34.8 Å². The average Bonchev–Trinajstić information content (AvgIpc) is 3.29. The van der Waals surface area contributed by atoms with Crippen molar-refractivity contribution < 1.29 is 31.6 Å². The van der Waals surface area contributed by atoms with Gasteiger partial charge in [-0.25, -0.2) is 8.78 Å². The zero-order chi connectivity index (χ0) is 24.1. The molecule has 0 unspecified atom stereocenters. The number of benzene rings is 2. The molecule has 2 aromatic carbocycles. The Labute approximate surface area is 198 Å². The lowest BCUT2D eigenvalue weighted by atomic mass is 9.86. The van der Waals surface area contributed by atoms with E-state index in [4.69, 9.17) is 39.6 Å². The molecule has 33 heavy (non-hydrogen) atoms. The molecule has 176 valence electrons. The highest BCUT2D eigenvalue weighted by Crippen LogP contribution is 2.50. The first kappa shape index (κ1) is 23.8. The van der Waals surface area contributed by atoms with Crippen LogP contribution in [0.25, 0.3) is 0 Å². The molecule has 1 aliphatic carbocycles. The Kier molecular flexibility index (Phi) is 6.13. The van der Waals surface area contributed by atoms with E-state index >= 15 is 0 Å². The summed E-state index contributed by atoms with van der Waals surface area (Å²) >= 11 is 17.5. The number of rotatable bonds is 5. The van der Waals surface area contributed by atoms with Crippen LogP contribution in [0.3, 0.4) is 0 Å². The van der Waals surface area contributed by atoms with Gasteiger partial charge in [0.2, 0.25) is 5.91 Å². The van der Waals surface area contributed by atoms with Gasteiger partial charge in [0.05, 0.1) is 32.4 Å². The van der Waals surface area contributed by atoms with Crippen LogP contribution in [0.5, 0.6) is 0 Å². The molecule has 0 radical (unpaired) electrons. The van der Waals surface area contributed by atoms with Crippen molar-refractivity contribution in [3.63, 3.8) is 0 Å². The first-order valence-corrected chi connectivity index (χ1v) is 10.5. The number of oxime groups is 1. The quantitative estimate of drug-likeness (QED) is 0.277. The molecule has 0 saturated heterocycles. The molecule has 3 atom stereocenters. The Morgan fingerprint density at radius 3 is 2.33 bits per heavy atom. The van der Waals surface area contributed by atoms with Crippen LogP contribution in [-0.2, 0) is 15.2 Å². The van der Waals surface area contributed by atoms with Crippen molar-refractivity contribution in [3.05, 3.63) is 62.3 Å². The average molecular weight is 529 g/mol. The number of nitrogens with one attached hydrogen (secondary N) is 2.